The maximum absolute atomic E-state index is 10.6. The molecule has 10 heavy (non-hydrogen) atoms. The Labute approximate surface area is 62.6 Å². The van der Waals surface area contributed by atoms with E-state index < -0.39 is 0 Å². The minimum Gasteiger partial charge on any atom is -0.462 e. The van der Waals surface area contributed by atoms with E-state index in [0.717, 1.165) is 0 Å². The van der Waals surface area contributed by atoms with Gasteiger partial charge in [-0.15, -0.1) is 0 Å². The smallest absolute Gasteiger partial charge is 0.306 e. The van der Waals surface area contributed by atoms with Crippen molar-refractivity contribution in [2.75, 3.05) is 0 Å². The van der Waals surface area contributed by atoms with Crippen molar-refractivity contribution in [3.63, 3.8) is 0 Å². The Morgan fingerprint density at radius 3 is 2.30 bits per heavy atom. The number of hydrogen-bond acceptors (Lipinski definition) is 2. The summed E-state index contributed by atoms with van der Waals surface area (Å²) < 4.78 is 4.96. The normalized spacial score (nSPS) is 13.3. The first-order valence-electron chi connectivity index (χ1n) is 3.56. The van der Waals surface area contributed by atoms with E-state index in [2.05, 4.69) is 6.92 Å². The van der Waals surface area contributed by atoms with Gasteiger partial charge in [0.2, 0.25) is 0 Å². The largest absolute Gasteiger partial charge is 0.462 e. The fourth-order valence-corrected chi connectivity index (χ4v) is 0.402. The van der Waals surface area contributed by atoms with Crippen LogP contribution in [0.25, 0.3) is 0 Å². The number of carbonyl (C=O) groups is 1. The van der Waals surface area contributed by atoms with Gasteiger partial charge in [-0.1, -0.05) is 13.8 Å². The van der Waals surface area contributed by atoms with Crippen molar-refractivity contribution in [1.29, 1.82) is 0 Å². The van der Waals surface area contributed by atoms with E-state index in [1.165, 1.54) is 0 Å². The Kier molecular flexibility index (Phi) is 4.08. The Morgan fingerprint density at radius 2 is 2.00 bits per heavy atom. The summed E-state index contributed by atoms with van der Waals surface area (Å²) in [5.41, 5.74) is 0. The van der Waals surface area contributed by atoms with Gasteiger partial charge in [-0.05, 0) is 19.8 Å². The maximum atomic E-state index is 10.6. The number of esters is 1. The molecule has 2 heteroatoms. The second-order valence-corrected chi connectivity index (χ2v) is 2.69. The Morgan fingerprint density at radius 1 is 1.50 bits per heavy atom. The molecular formula is C8H15O2. The molecule has 0 aromatic rings. The van der Waals surface area contributed by atoms with Crippen LogP contribution in [-0.2, 0) is 9.53 Å². The van der Waals surface area contributed by atoms with Crippen molar-refractivity contribution >= 4 is 5.97 Å². The highest BCUT2D eigenvalue weighted by atomic mass is 16.5. The molecule has 1 unspecified atom stereocenters. The molecule has 0 aliphatic heterocycles. The molecule has 0 aromatic heterocycles. The van der Waals surface area contributed by atoms with Gasteiger partial charge in [0.15, 0.2) is 0 Å². The van der Waals surface area contributed by atoms with Crippen LogP contribution in [0.5, 0.6) is 0 Å². The van der Waals surface area contributed by atoms with Crippen molar-refractivity contribution in [3.8, 4) is 0 Å². The average Bonchev–Trinajstić information content (AvgIpc) is 1.87. The molecule has 59 valence electrons. The second-order valence-electron chi connectivity index (χ2n) is 2.69. The lowest BCUT2D eigenvalue weighted by molar-refractivity contribution is -0.149. The Balaban J connectivity index is 3.57. The van der Waals surface area contributed by atoms with Gasteiger partial charge in [0.05, 0.1) is 0 Å². The summed E-state index contributed by atoms with van der Waals surface area (Å²) in [6.07, 6.45) is 0.228. The molecule has 0 rings (SSSR count). The summed E-state index contributed by atoms with van der Waals surface area (Å²) in [6, 6.07) is 0. The summed E-state index contributed by atoms with van der Waals surface area (Å²) in [5, 5.41) is 0. The van der Waals surface area contributed by atoms with Gasteiger partial charge in [0, 0.05) is 6.42 Å². The minimum atomic E-state index is -0.221. The van der Waals surface area contributed by atoms with Crippen LogP contribution in [0.4, 0.5) is 0 Å². The summed E-state index contributed by atoms with van der Waals surface area (Å²) in [4.78, 5) is 10.6. The van der Waals surface area contributed by atoms with Crippen LogP contribution in [0.3, 0.4) is 0 Å². The first-order chi connectivity index (χ1) is 4.57. The van der Waals surface area contributed by atoms with Crippen molar-refractivity contribution in [3.05, 3.63) is 6.92 Å². The Bertz CT molecular complexity index is 108. The van der Waals surface area contributed by atoms with E-state index in [4.69, 9.17) is 4.74 Å². The number of carbonyl (C=O) groups excluding carboxylic acids is 1. The van der Waals surface area contributed by atoms with Gasteiger partial charge in [-0.3, -0.25) is 4.79 Å². The van der Waals surface area contributed by atoms with E-state index in [0.29, 0.717) is 5.92 Å². The highest BCUT2D eigenvalue weighted by Crippen LogP contribution is 2.05. The Hall–Kier alpha value is -0.530. The van der Waals surface area contributed by atoms with Gasteiger partial charge in [-0.2, -0.15) is 0 Å². The quantitative estimate of drug-likeness (QED) is 0.563. The summed E-state index contributed by atoms with van der Waals surface area (Å²) >= 11 is 0. The van der Waals surface area contributed by atoms with Crippen molar-refractivity contribution in [2.24, 2.45) is 5.92 Å². The van der Waals surface area contributed by atoms with Crippen LogP contribution in [0.15, 0.2) is 0 Å². The number of hydrogen-bond donors (Lipinski definition) is 0. The summed E-state index contributed by atoms with van der Waals surface area (Å²) in [5.74, 6) is 0.164. The molecule has 0 saturated heterocycles. The SMILES string of the molecule is [CH2]CC(=O)OC(C)C(C)C. The highest BCUT2D eigenvalue weighted by Gasteiger charge is 2.10. The van der Waals surface area contributed by atoms with Gasteiger partial charge in [0.25, 0.3) is 0 Å². The third kappa shape index (κ3) is 3.49. The molecule has 1 radical (unpaired) electrons. The predicted molar refractivity (Wildman–Crippen MR) is 40.4 cm³/mol. The highest BCUT2D eigenvalue weighted by molar-refractivity contribution is 5.70. The molecule has 0 fully saturated rings. The lowest BCUT2D eigenvalue weighted by Crippen LogP contribution is -2.19. The van der Waals surface area contributed by atoms with Crippen LogP contribution < -0.4 is 0 Å². The van der Waals surface area contributed by atoms with Crippen LogP contribution in [0, 0.1) is 12.8 Å². The summed E-state index contributed by atoms with van der Waals surface area (Å²) in [7, 11) is 0. The summed E-state index contributed by atoms with van der Waals surface area (Å²) in [6.45, 7) is 9.34. The molecule has 0 amide bonds. The molecule has 0 aliphatic carbocycles. The third-order valence-corrected chi connectivity index (χ3v) is 1.46. The van der Waals surface area contributed by atoms with E-state index in [-0.39, 0.29) is 18.5 Å². The molecule has 0 heterocycles. The van der Waals surface area contributed by atoms with Crippen LogP contribution >= 0.6 is 0 Å². The van der Waals surface area contributed by atoms with Gasteiger partial charge < -0.3 is 4.74 Å². The monoisotopic (exact) mass is 143 g/mol. The van der Waals surface area contributed by atoms with Crippen molar-refractivity contribution in [2.45, 2.75) is 33.3 Å². The number of ether oxygens (including phenoxy) is 1. The van der Waals surface area contributed by atoms with Gasteiger partial charge in [-0.25, -0.2) is 0 Å². The molecule has 0 N–H and O–H groups in total. The van der Waals surface area contributed by atoms with E-state index in [9.17, 15) is 4.79 Å². The molecule has 0 bridgehead atoms. The lowest BCUT2D eigenvalue weighted by atomic mass is 10.1. The fraction of sp³-hybridized carbons (Fsp3) is 0.750. The second kappa shape index (κ2) is 4.31. The van der Waals surface area contributed by atoms with E-state index >= 15 is 0 Å². The lowest BCUT2D eigenvalue weighted by Gasteiger charge is -2.15. The maximum Gasteiger partial charge on any atom is 0.306 e. The van der Waals surface area contributed by atoms with Gasteiger partial charge in [0.1, 0.15) is 6.10 Å². The molecule has 0 aliphatic rings. The zero-order valence-electron chi connectivity index (χ0n) is 6.89. The molecule has 0 aromatic carbocycles. The molecular weight excluding hydrogens is 128 g/mol. The topological polar surface area (TPSA) is 26.3 Å². The van der Waals surface area contributed by atoms with Crippen LogP contribution in [-0.4, -0.2) is 12.1 Å². The molecule has 1 atom stereocenters. The molecule has 2 nitrogen and oxygen atoms in total. The third-order valence-electron chi connectivity index (χ3n) is 1.46. The van der Waals surface area contributed by atoms with E-state index in [1.807, 2.05) is 20.8 Å². The number of rotatable bonds is 3. The van der Waals surface area contributed by atoms with Crippen LogP contribution in [0.2, 0.25) is 0 Å². The fourth-order valence-electron chi connectivity index (χ4n) is 0.402. The molecule has 0 spiro atoms. The zero-order chi connectivity index (χ0) is 8.15. The average molecular weight is 143 g/mol. The van der Waals surface area contributed by atoms with Gasteiger partial charge >= 0.3 is 5.97 Å². The first-order valence-corrected chi connectivity index (χ1v) is 3.56. The minimum absolute atomic E-state index is 0.00856. The van der Waals surface area contributed by atoms with Crippen molar-refractivity contribution < 1.29 is 9.53 Å². The van der Waals surface area contributed by atoms with Crippen molar-refractivity contribution in [1.82, 2.24) is 0 Å². The van der Waals surface area contributed by atoms with Crippen LogP contribution in [0.1, 0.15) is 27.2 Å². The first kappa shape index (κ1) is 9.47. The standard InChI is InChI=1S/C8H15O2/c1-5-8(9)10-7(4)6(2)3/h6-7H,1,5H2,2-4H3. The zero-order valence-corrected chi connectivity index (χ0v) is 6.89. The van der Waals surface area contributed by atoms with E-state index in [1.54, 1.807) is 0 Å². The predicted octanol–water partition coefficient (Wildman–Crippen LogP) is 1.80. The molecule has 0 saturated carbocycles.